The molecule has 1 N–H and O–H groups in total. The smallest absolute Gasteiger partial charge is 0.410 e. The van der Waals surface area contributed by atoms with Crippen LogP contribution in [0.2, 0.25) is 0 Å². The van der Waals surface area contributed by atoms with Gasteiger partial charge in [0.1, 0.15) is 11.4 Å². The number of esters is 1. The number of likely N-dealkylation sites (tertiary alicyclic amines) is 1. The average molecular weight is 415 g/mol. The first-order chi connectivity index (χ1) is 14.2. The van der Waals surface area contributed by atoms with Crippen molar-refractivity contribution in [3.63, 3.8) is 0 Å². The molecule has 3 rings (SSSR count). The van der Waals surface area contributed by atoms with Crippen molar-refractivity contribution in [3.05, 3.63) is 36.2 Å². The maximum atomic E-state index is 12.2. The SMILES string of the molecule is COC(=O)Cc1ccc(O)c(-c2cnn(C3CCN(C(=O)OC(C)(C)C)CC3)c2)c1. The molecule has 0 unspecified atom stereocenters. The van der Waals surface area contributed by atoms with Gasteiger partial charge in [-0.15, -0.1) is 0 Å². The molecule has 0 saturated carbocycles. The molecule has 1 aromatic heterocycles. The van der Waals surface area contributed by atoms with Gasteiger partial charge in [-0.1, -0.05) is 6.07 Å². The van der Waals surface area contributed by atoms with Crippen LogP contribution in [0.25, 0.3) is 11.1 Å². The van der Waals surface area contributed by atoms with Gasteiger partial charge in [0.2, 0.25) is 0 Å². The number of aromatic hydroxyl groups is 1. The summed E-state index contributed by atoms with van der Waals surface area (Å²) in [6.07, 6.45) is 5.00. The molecule has 1 fully saturated rings. The van der Waals surface area contributed by atoms with Crippen molar-refractivity contribution in [2.24, 2.45) is 0 Å². The van der Waals surface area contributed by atoms with Gasteiger partial charge in [-0.2, -0.15) is 5.10 Å². The van der Waals surface area contributed by atoms with E-state index in [1.54, 1.807) is 29.3 Å². The van der Waals surface area contributed by atoms with Crippen molar-refractivity contribution in [2.45, 2.75) is 51.7 Å². The lowest BCUT2D eigenvalue weighted by atomic mass is 10.0. The normalized spacial score (nSPS) is 15.1. The zero-order chi connectivity index (χ0) is 21.9. The van der Waals surface area contributed by atoms with E-state index in [9.17, 15) is 14.7 Å². The molecule has 1 aliphatic heterocycles. The molecule has 0 bridgehead atoms. The molecule has 8 heteroatoms. The summed E-state index contributed by atoms with van der Waals surface area (Å²) in [5.74, 6) is -0.206. The highest BCUT2D eigenvalue weighted by Crippen LogP contribution is 2.32. The number of piperidine rings is 1. The number of nitrogens with zero attached hydrogens (tertiary/aromatic N) is 3. The van der Waals surface area contributed by atoms with Crippen molar-refractivity contribution in [2.75, 3.05) is 20.2 Å². The Labute approximate surface area is 176 Å². The van der Waals surface area contributed by atoms with E-state index in [-0.39, 0.29) is 30.3 Å². The third-order valence-corrected chi connectivity index (χ3v) is 5.04. The maximum Gasteiger partial charge on any atom is 0.410 e. The highest BCUT2D eigenvalue weighted by molar-refractivity contribution is 5.75. The van der Waals surface area contributed by atoms with E-state index in [2.05, 4.69) is 5.10 Å². The van der Waals surface area contributed by atoms with Crippen LogP contribution in [-0.2, 0) is 20.7 Å². The van der Waals surface area contributed by atoms with Gasteiger partial charge < -0.3 is 19.5 Å². The summed E-state index contributed by atoms with van der Waals surface area (Å²) >= 11 is 0. The largest absolute Gasteiger partial charge is 0.507 e. The second-order valence-electron chi connectivity index (χ2n) is 8.51. The summed E-state index contributed by atoms with van der Waals surface area (Å²) in [5, 5.41) is 14.7. The lowest BCUT2D eigenvalue weighted by molar-refractivity contribution is -0.139. The van der Waals surface area contributed by atoms with E-state index in [0.29, 0.717) is 18.7 Å². The van der Waals surface area contributed by atoms with Gasteiger partial charge in [-0.3, -0.25) is 9.48 Å². The number of hydrogen-bond acceptors (Lipinski definition) is 6. The topological polar surface area (TPSA) is 93.9 Å². The number of ether oxygens (including phenoxy) is 2. The van der Waals surface area contributed by atoms with Crippen LogP contribution >= 0.6 is 0 Å². The molecule has 0 spiro atoms. The predicted octanol–water partition coefficient (Wildman–Crippen LogP) is 3.54. The molecule has 2 aromatic rings. The Morgan fingerprint density at radius 1 is 1.23 bits per heavy atom. The zero-order valence-electron chi connectivity index (χ0n) is 17.9. The lowest BCUT2D eigenvalue weighted by Gasteiger charge is -2.33. The number of carbonyl (C=O) groups excluding carboxylic acids is 2. The summed E-state index contributed by atoms with van der Waals surface area (Å²) in [5.41, 5.74) is 1.64. The average Bonchev–Trinajstić information content (AvgIpc) is 3.18. The van der Waals surface area contributed by atoms with Gasteiger partial charge in [0.25, 0.3) is 0 Å². The molecule has 1 aromatic carbocycles. The first kappa shape index (κ1) is 21.7. The van der Waals surface area contributed by atoms with Gasteiger partial charge >= 0.3 is 12.1 Å². The van der Waals surface area contributed by atoms with E-state index in [0.717, 1.165) is 24.0 Å². The Morgan fingerprint density at radius 3 is 2.57 bits per heavy atom. The van der Waals surface area contributed by atoms with E-state index in [1.807, 2.05) is 31.6 Å². The van der Waals surface area contributed by atoms with Crippen molar-refractivity contribution in [1.29, 1.82) is 0 Å². The first-order valence-corrected chi connectivity index (χ1v) is 10.1. The number of aromatic nitrogens is 2. The number of phenolic OH excluding ortho intramolecular Hbond substituents is 1. The lowest BCUT2D eigenvalue weighted by Crippen LogP contribution is -2.42. The molecule has 0 radical (unpaired) electrons. The fourth-order valence-corrected chi connectivity index (χ4v) is 3.48. The summed E-state index contributed by atoms with van der Waals surface area (Å²) < 4.78 is 12.0. The molecule has 1 saturated heterocycles. The fraction of sp³-hybridized carbons (Fsp3) is 0.500. The molecule has 2 heterocycles. The number of rotatable bonds is 4. The van der Waals surface area contributed by atoms with Gasteiger partial charge in [-0.25, -0.2) is 4.79 Å². The van der Waals surface area contributed by atoms with Crippen molar-refractivity contribution in [3.8, 4) is 16.9 Å². The van der Waals surface area contributed by atoms with Crippen LogP contribution in [0, 0.1) is 0 Å². The molecular weight excluding hydrogens is 386 g/mol. The van der Waals surface area contributed by atoms with Crippen molar-refractivity contribution in [1.82, 2.24) is 14.7 Å². The fourth-order valence-electron chi connectivity index (χ4n) is 3.48. The Kier molecular flexibility index (Phi) is 6.34. The van der Waals surface area contributed by atoms with Crippen LogP contribution in [0.15, 0.2) is 30.6 Å². The Morgan fingerprint density at radius 2 is 1.93 bits per heavy atom. The first-order valence-electron chi connectivity index (χ1n) is 10.1. The number of carbonyl (C=O) groups is 2. The van der Waals surface area contributed by atoms with Gasteiger partial charge in [-0.05, 0) is 51.3 Å². The second kappa shape index (κ2) is 8.77. The minimum atomic E-state index is -0.505. The van der Waals surface area contributed by atoms with Crippen LogP contribution in [0.1, 0.15) is 45.2 Å². The minimum absolute atomic E-state index is 0.128. The number of hydrogen-bond donors (Lipinski definition) is 1. The number of amides is 1. The van der Waals surface area contributed by atoms with Crippen LogP contribution in [0.5, 0.6) is 5.75 Å². The van der Waals surface area contributed by atoms with E-state index < -0.39 is 5.60 Å². The summed E-state index contributed by atoms with van der Waals surface area (Å²) in [6, 6.07) is 5.22. The highest BCUT2D eigenvalue weighted by atomic mass is 16.6. The quantitative estimate of drug-likeness (QED) is 0.768. The Bertz CT molecular complexity index is 908. The van der Waals surface area contributed by atoms with Crippen LogP contribution < -0.4 is 0 Å². The zero-order valence-corrected chi connectivity index (χ0v) is 17.9. The van der Waals surface area contributed by atoms with Crippen molar-refractivity contribution < 1.29 is 24.2 Å². The molecular formula is C22H29N3O5. The van der Waals surface area contributed by atoms with E-state index in [4.69, 9.17) is 9.47 Å². The number of benzene rings is 1. The molecule has 0 atom stereocenters. The predicted molar refractivity (Wildman–Crippen MR) is 111 cm³/mol. The maximum absolute atomic E-state index is 12.2. The summed E-state index contributed by atoms with van der Waals surface area (Å²) in [4.78, 5) is 25.5. The van der Waals surface area contributed by atoms with Crippen molar-refractivity contribution >= 4 is 12.1 Å². The van der Waals surface area contributed by atoms with Gasteiger partial charge in [0.05, 0.1) is 25.8 Å². The van der Waals surface area contributed by atoms with Crippen LogP contribution in [0.3, 0.4) is 0 Å². The van der Waals surface area contributed by atoms with Gasteiger partial charge in [0.15, 0.2) is 0 Å². The monoisotopic (exact) mass is 415 g/mol. The molecule has 30 heavy (non-hydrogen) atoms. The van der Waals surface area contributed by atoms with Crippen LogP contribution in [0.4, 0.5) is 4.79 Å². The highest BCUT2D eigenvalue weighted by Gasteiger charge is 2.28. The summed E-state index contributed by atoms with van der Waals surface area (Å²) in [7, 11) is 1.35. The Hall–Kier alpha value is -3.03. The van der Waals surface area contributed by atoms with Crippen LogP contribution in [-0.4, -0.2) is 57.6 Å². The Balaban J connectivity index is 1.67. The third-order valence-electron chi connectivity index (χ3n) is 5.04. The minimum Gasteiger partial charge on any atom is -0.507 e. The third kappa shape index (κ3) is 5.31. The number of methoxy groups -OCH3 is 1. The molecule has 8 nitrogen and oxygen atoms in total. The molecule has 162 valence electrons. The number of phenols is 1. The molecule has 1 amide bonds. The standard InChI is InChI=1S/C22H29N3O5/c1-22(2,3)30-21(28)24-9-7-17(8-10-24)25-14-16(13-23-25)18-11-15(5-6-19(18)26)12-20(27)29-4/h5-6,11,13-14,17,26H,7-10,12H2,1-4H3. The summed E-state index contributed by atoms with van der Waals surface area (Å²) in [6.45, 7) is 6.79. The second-order valence-corrected chi connectivity index (χ2v) is 8.51. The molecule has 1 aliphatic rings. The molecule has 0 aliphatic carbocycles. The van der Waals surface area contributed by atoms with Gasteiger partial charge in [0, 0.05) is 30.4 Å². The van der Waals surface area contributed by atoms with E-state index in [1.165, 1.54) is 7.11 Å². The van der Waals surface area contributed by atoms with E-state index >= 15 is 0 Å².